The monoisotopic (exact) mass is 111 g/mol. The summed E-state index contributed by atoms with van der Waals surface area (Å²) in [5, 5.41) is 11.6. The van der Waals surface area contributed by atoms with Gasteiger partial charge >= 0.3 is 0 Å². The van der Waals surface area contributed by atoms with Crippen LogP contribution in [-0.4, -0.2) is 11.1 Å². The number of aliphatic hydroxyl groups excluding tert-OH is 1. The summed E-state index contributed by atoms with van der Waals surface area (Å²) in [4.78, 5) is 0. The predicted octanol–water partition coefficient (Wildman–Crippen LogP) is 0.934. The van der Waals surface area contributed by atoms with Crippen LogP contribution in [0.3, 0.4) is 0 Å². The van der Waals surface area contributed by atoms with Crippen LogP contribution in [0.15, 0.2) is 24.1 Å². The second-order valence-corrected chi connectivity index (χ2v) is 1.87. The Kier molecular flexibility index (Phi) is 1.24. The van der Waals surface area contributed by atoms with Crippen molar-refractivity contribution in [1.82, 2.24) is 5.32 Å². The van der Waals surface area contributed by atoms with Crippen LogP contribution in [0.2, 0.25) is 0 Å². The summed E-state index contributed by atoms with van der Waals surface area (Å²) in [7, 11) is 0. The zero-order valence-electron chi connectivity index (χ0n) is 4.76. The lowest BCUT2D eigenvalue weighted by molar-refractivity contribution is 0.353. The number of rotatable bonds is 0. The standard InChI is InChI=1S/C6H9NO/c1-5-3-2-4-6(8)7-5/h2-5,7-8H,1H3. The molecule has 0 saturated carbocycles. The van der Waals surface area contributed by atoms with Crippen molar-refractivity contribution in [1.29, 1.82) is 0 Å². The molecule has 1 rings (SSSR count). The second-order valence-electron chi connectivity index (χ2n) is 1.87. The highest BCUT2D eigenvalue weighted by atomic mass is 16.3. The molecule has 0 aromatic carbocycles. The van der Waals surface area contributed by atoms with Gasteiger partial charge in [-0.3, -0.25) is 0 Å². The van der Waals surface area contributed by atoms with Gasteiger partial charge in [-0.15, -0.1) is 0 Å². The lowest BCUT2D eigenvalue weighted by atomic mass is 10.2. The van der Waals surface area contributed by atoms with Gasteiger partial charge in [-0.2, -0.15) is 0 Å². The Morgan fingerprint density at radius 3 is 2.88 bits per heavy atom. The van der Waals surface area contributed by atoms with Crippen molar-refractivity contribution in [3.8, 4) is 0 Å². The van der Waals surface area contributed by atoms with Crippen LogP contribution in [0.1, 0.15) is 6.92 Å². The summed E-state index contributed by atoms with van der Waals surface area (Å²) in [6.45, 7) is 1.97. The largest absolute Gasteiger partial charge is 0.495 e. The first kappa shape index (κ1) is 5.22. The topological polar surface area (TPSA) is 32.3 Å². The van der Waals surface area contributed by atoms with Gasteiger partial charge in [-0.1, -0.05) is 12.2 Å². The molecule has 0 aromatic rings. The Bertz CT molecular complexity index is 137. The first-order valence-electron chi connectivity index (χ1n) is 2.63. The van der Waals surface area contributed by atoms with E-state index in [9.17, 15) is 0 Å². The Balaban J connectivity index is 2.59. The molecule has 1 aliphatic heterocycles. The summed E-state index contributed by atoms with van der Waals surface area (Å²) >= 11 is 0. The molecule has 8 heavy (non-hydrogen) atoms. The lowest BCUT2D eigenvalue weighted by Gasteiger charge is -2.11. The fourth-order valence-corrected chi connectivity index (χ4v) is 0.643. The van der Waals surface area contributed by atoms with E-state index in [1.54, 1.807) is 6.08 Å². The average molecular weight is 111 g/mol. The molecule has 1 aliphatic rings. The molecule has 0 saturated heterocycles. The van der Waals surface area contributed by atoms with Crippen LogP contribution in [0.4, 0.5) is 0 Å². The quantitative estimate of drug-likeness (QED) is 0.487. The Morgan fingerprint density at radius 1 is 1.75 bits per heavy atom. The van der Waals surface area contributed by atoms with E-state index in [1.165, 1.54) is 0 Å². The zero-order valence-corrected chi connectivity index (χ0v) is 4.76. The fourth-order valence-electron chi connectivity index (χ4n) is 0.643. The van der Waals surface area contributed by atoms with Crippen molar-refractivity contribution in [2.45, 2.75) is 13.0 Å². The third-order valence-corrected chi connectivity index (χ3v) is 1.03. The summed E-state index contributed by atoms with van der Waals surface area (Å²) in [6.07, 6.45) is 5.43. The maximum absolute atomic E-state index is 8.78. The number of nitrogens with one attached hydrogen (secondary N) is 1. The smallest absolute Gasteiger partial charge is 0.184 e. The average Bonchev–Trinajstić information content (AvgIpc) is 1.64. The Hall–Kier alpha value is -0.920. The second kappa shape index (κ2) is 1.90. The molecular formula is C6H9NO. The molecule has 0 aromatic heterocycles. The van der Waals surface area contributed by atoms with Crippen LogP contribution in [0, 0.1) is 0 Å². The van der Waals surface area contributed by atoms with E-state index in [0.717, 1.165) is 0 Å². The van der Waals surface area contributed by atoms with E-state index >= 15 is 0 Å². The molecule has 0 bridgehead atoms. The highest BCUT2D eigenvalue weighted by Gasteiger charge is 1.99. The summed E-state index contributed by atoms with van der Waals surface area (Å²) in [5.41, 5.74) is 0. The van der Waals surface area contributed by atoms with E-state index in [4.69, 9.17) is 5.11 Å². The highest BCUT2D eigenvalue weighted by Crippen LogP contribution is 1.96. The number of dihydropyridines is 1. The normalized spacial score (nSPS) is 26.6. The maximum Gasteiger partial charge on any atom is 0.184 e. The van der Waals surface area contributed by atoms with Gasteiger partial charge < -0.3 is 10.4 Å². The van der Waals surface area contributed by atoms with Crippen LogP contribution in [0.25, 0.3) is 0 Å². The lowest BCUT2D eigenvalue weighted by Crippen LogP contribution is -2.24. The van der Waals surface area contributed by atoms with Gasteiger partial charge in [0.2, 0.25) is 0 Å². The molecule has 0 radical (unpaired) electrons. The molecular weight excluding hydrogens is 102 g/mol. The van der Waals surface area contributed by atoms with E-state index in [1.807, 2.05) is 19.1 Å². The molecule has 0 fully saturated rings. The van der Waals surface area contributed by atoms with Crippen molar-refractivity contribution in [2.24, 2.45) is 0 Å². The molecule has 1 atom stereocenters. The number of aliphatic hydroxyl groups is 1. The molecule has 2 nitrogen and oxygen atoms in total. The molecule has 2 heteroatoms. The van der Waals surface area contributed by atoms with Crippen LogP contribution < -0.4 is 5.32 Å². The number of hydrogen-bond donors (Lipinski definition) is 2. The minimum absolute atomic E-state index is 0.250. The van der Waals surface area contributed by atoms with Gasteiger partial charge in [-0.05, 0) is 13.0 Å². The number of hydrogen-bond acceptors (Lipinski definition) is 2. The Morgan fingerprint density at radius 2 is 2.50 bits per heavy atom. The van der Waals surface area contributed by atoms with Crippen LogP contribution in [0.5, 0.6) is 0 Å². The van der Waals surface area contributed by atoms with Crippen LogP contribution >= 0.6 is 0 Å². The third kappa shape index (κ3) is 1.03. The van der Waals surface area contributed by atoms with Crippen molar-refractivity contribution in [3.63, 3.8) is 0 Å². The minimum atomic E-state index is 0.250. The summed E-state index contributed by atoms with van der Waals surface area (Å²) < 4.78 is 0. The van der Waals surface area contributed by atoms with Gasteiger partial charge in [0.25, 0.3) is 0 Å². The zero-order chi connectivity index (χ0) is 5.98. The molecule has 1 heterocycles. The van der Waals surface area contributed by atoms with Gasteiger partial charge in [0, 0.05) is 6.04 Å². The van der Waals surface area contributed by atoms with Crippen LogP contribution in [-0.2, 0) is 0 Å². The minimum Gasteiger partial charge on any atom is -0.495 e. The van der Waals surface area contributed by atoms with E-state index in [-0.39, 0.29) is 11.9 Å². The maximum atomic E-state index is 8.78. The Labute approximate surface area is 48.5 Å². The van der Waals surface area contributed by atoms with Gasteiger partial charge in [0.05, 0.1) is 0 Å². The van der Waals surface area contributed by atoms with E-state index < -0.39 is 0 Å². The number of allylic oxidation sites excluding steroid dienone is 2. The molecule has 0 spiro atoms. The molecule has 0 amide bonds. The highest BCUT2D eigenvalue weighted by molar-refractivity contribution is 5.14. The van der Waals surface area contributed by atoms with Crippen molar-refractivity contribution in [3.05, 3.63) is 24.1 Å². The van der Waals surface area contributed by atoms with E-state index in [0.29, 0.717) is 0 Å². The van der Waals surface area contributed by atoms with E-state index in [2.05, 4.69) is 5.32 Å². The summed E-state index contributed by atoms with van der Waals surface area (Å²) in [6, 6.07) is 0.264. The van der Waals surface area contributed by atoms with Gasteiger partial charge in [0.15, 0.2) is 5.88 Å². The van der Waals surface area contributed by atoms with Crippen molar-refractivity contribution < 1.29 is 5.11 Å². The van der Waals surface area contributed by atoms with Gasteiger partial charge in [-0.25, -0.2) is 0 Å². The molecule has 0 aliphatic carbocycles. The fraction of sp³-hybridized carbons (Fsp3) is 0.333. The van der Waals surface area contributed by atoms with Gasteiger partial charge in [0.1, 0.15) is 0 Å². The predicted molar refractivity (Wildman–Crippen MR) is 32.4 cm³/mol. The summed E-state index contributed by atoms with van der Waals surface area (Å²) in [5.74, 6) is 0.250. The first-order chi connectivity index (χ1) is 3.79. The molecule has 1 unspecified atom stereocenters. The SMILES string of the molecule is CC1C=CC=C(O)N1. The first-order valence-corrected chi connectivity index (χ1v) is 2.63. The van der Waals surface area contributed by atoms with Crippen molar-refractivity contribution in [2.75, 3.05) is 0 Å². The third-order valence-electron chi connectivity index (χ3n) is 1.03. The molecule has 2 N–H and O–H groups in total. The van der Waals surface area contributed by atoms with Crippen molar-refractivity contribution >= 4 is 0 Å². The molecule has 44 valence electrons.